The maximum atomic E-state index is 12.3. The van der Waals surface area contributed by atoms with Gasteiger partial charge in [0.1, 0.15) is 18.5 Å². The molecule has 0 unspecified atom stereocenters. The third kappa shape index (κ3) is 7.07. The minimum atomic E-state index is -0.707. The van der Waals surface area contributed by atoms with Gasteiger partial charge in [-0.2, -0.15) is 0 Å². The van der Waals surface area contributed by atoms with Crippen LogP contribution in [0.2, 0.25) is 0 Å². The molecule has 0 saturated carbocycles. The summed E-state index contributed by atoms with van der Waals surface area (Å²) < 4.78 is 30.3. The molecule has 1 fully saturated rings. The van der Waals surface area contributed by atoms with Gasteiger partial charge in [-0.1, -0.05) is 91.0 Å². The fraction of sp³-hybridized carbons (Fsp3) is 0.345. The van der Waals surface area contributed by atoms with Crippen molar-refractivity contribution >= 4 is 6.29 Å². The minimum Gasteiger partial charge on any atom is -0.374 e. The van der Waals surface area contributed by atoms with Gasteiger partial charge in [0.25, 0.3) is 0 Å². The number of carbonyl (C=O) groups is 1. The summed E-state index contributed by atoms with van der Waals surface area (Å²) in [5, 5.41) is 0. The van der Waals surface area contributed by atoms with Crippen LogP contribution in [0.3, 0.4) is 0 Å². The van der Waals surface area contributed by atoms with Crippen LogP contribution in [0.25, 0.3) is 0 Å². The van der Waals surface area contributed by atoms with Crippen molar-refractivity contribution in [3.05, 3.63) is 108 Å². The summed E-state index contributed by atoms with van der Waals surface area (Å²) in [6, 6.07) is 29.6. The fourth-order valence-electron chi connectivity index (χ4n) is 4.21. The summed E-state index contributed by atoms with van der Waals surface area (Å²) >= 11 is 0. The number of carbonyl (C=O) groups excluding carboxylic acids is 1. The number of benzene rings is 3. The molecular weight excluding hydrogens is 444 g/mol. The van der Waals surface area contributed by atoms with Crippen molar-refractivity contribution in [2.75, 3.05) is 13.7 Å². The van der Waals surface area contributed by atoms with Gasteiger partial charge >= 0.3 is 0 Å². The standard InChI is InChI=1S/C29H32O6/c1-31-29-28(34-20-24-15-9-4-10-16-24)27(33-19-23-13-7-3-8-14-23)25(17-30)26(35-29)21-32-18-22-11-5-2-6-12-22/h2-17,25-29H,18-21H2,1H3/t25-,26-,27+,28-,29+/m1/s1. The van der Waals surface area contributed by atoms with Crippen LogP contribution in [0.5, 0.6) is 0 Å². The molecule has 0 aliphatic carbocycles. The Balaban J connectivity index is 1.49. The number of aldehydes is 1. The van der Waals surface area contributed by atoms with E-state index in [1.54, 1.807) is 7.11 Å². The first-order valence-electron chi connectivity index (χ1n) is 11.8. The summed E-state index contributed by atoms with van der Waals surface area (Å²) in [7, 11) is 1.57. The van der Waals surface area contributed by atoms with Crippen LogP contribution in [-0.2, 0) is 48.3 Å². The number of rotatable bonds is 12. The highest BCUT2D eigenvalue weighted by molar-refractivity contribution is 5.56. The molecular formula is C29H32O6. The van der Waals surface area contributed by atoms with E-state index < -0.39 is 30.5 Å². The molecule has 3 aromatic carbocycles. The molecule has 0 spiro atoms. The Labute approximate surface area is 206 Å². The van der Waals surface area contributed by atoms with Crippen molar-refractivity contribution in [1.82, 2.24) is 0 Å². The van der Waals surface area contributed by atoms with Gasteiger partial charge in [0.2, 0.25) is 0 Å². The summed E-state index contributed by atoms with van der Waals surface area (Å²) in [4.78, 5) is 12.3. The van der Waals surface area contributed by atoms with E-state index in [1.807, 2.05) is 91.0 Å². The number of hydrogen-bond donors (Lipinski definition) is 0. The van der Waals surface area contributed by atoms with Gasteiger partial charge in [0.15, 0.2) is 6.29 Å². The first-order chi connectivity index (χ1) is 17.3. The van der Waals surface area contributed by atoms with Crippen molar-refractivity contribution in [2.45, 2.75) is 44.4 Å². The first-order valence-corrected chi connectivity index (χ1v) is 11.8. The molecule has 4 rings (SSSR count). The highest BCUT2D eigenvalue weighted by Crippen LogP contribution is 2.31. The van der Waals surface area contributed by atoms with E-state index >= 15 is 0 Å². The largest absolute Gasteiger partial charge is 0.374 e. The second-order valence-electron chi connectivity index (χ2n) is 8.52. The SMILES string of the molecule is CO[C@H]1O[C@H](COCc2ccccc2)[C@@H](C=O)[C@H](OCc2ccccc2)[C@H]1OCc1ccccc1. The Morgan fingerprint density at radius 2 is 1.20 bits per heavy atom. The van der Waals surface area contributed by atoms with Gasteiger partial charge in [-0.3, -0.25) is 0 Å². The molecule has 1 aliphatic heterocycles. The zero-order chi connectivity index (χ0) is 24.3. The molecule has 1 heterocycles. The molecule has 6 heteroatoms. The van der Waals surface area contributed by atoms with Crippen LogP contribution in [0.15, 0.2) is 91.0 Å². The Hall–Kier alpha value is -2.87. The minimum absolute atomic E-state index is 0.231. The number of ether oxygens (including phenoxy) is 5. The van der Waals surface area contributed by atoms with E-state index in [4.69, 9.17) is 23.7 Å². The molecule has 0 amide bonds. The maximum absolute atomic E-state index is 12.3. The Morgan fingerprint density at radius 1 is 0.714 bits per heavy atom. The highest BCUT2D eigenvalue weighted by atomic mass is 16.7. The van der Waals surface area contributed by atoms with Crippen LogP contribution >= 0.6 is 0 Å². The van der Waals surface area contributed by atoms with Crippen LogP contribution in [-0.4, -0.2) is 44.6 Å². The Bertz CT molecular complexity index is 997. The summed E-state index contributed by atoms with van der Waals surface area (Å²) in [5.41, 5.74) is 3.08. The van der Waals surface area contributed by atoms with Crippen molar-refractivity contribution in [1.29, 1.82) is 0 Å². The lowest BCUT2D eigenvalue weighted by atomic mass is 9.90. The van der Waals surface area contributed by atoms with E-state index in [0.717, 1.165) is 23.0 Å². The number of methoxy groups -OCH3 is 1. The van der Waals surface area contributed by atoms with E-state index in [2.05, 4.69) is 0 Å². The van der Waals surface area contributed by atoms with Crippen LogP contribution < -0.4 is 0 Å². The number of hydrogen-bond acceptors (Lipinski definition) is 6. The summed E-state index contributed by atoms with van der Waals surface area (Å²) in [5.74, 6) is -0.582. The van der Waals surface area contributed by atoms with Gasteiger partial charge in [-0.25, -0.2) is 0 Å². The quantitative estimate of drug-likeness (QED) is 0.357. The molecule has 1 saturated heterocycles. The average molecular weight is 477 g/mol. The Morgan fingerprint density at radius 3 is 1.69 bits per heavy atom. The lowest BCUT2D eigenvalue weighted by molar-refractivity contribution is -0.299. The summed E-state index contributed by atoms with van der Waals surface area (Å²) in [6.07, 6.45) is -1.51. The highest BCUT2D eigenvalue weighted by Gasteiger charge is 2.47. The van der Waals surface area contributed by atoms with E-state index in [0.29, 0.717) is 19.8 Å². The van der Waals surface area contributed by atoms with Crippen LogP contribution in [0.1, 0.15) is 16.7 Å². The lowest BCUT2D eigenvalue weighted by Crippen LogP contribution is -2.58. The fourth-order valence-corrected chi connectivity index (χ4v) is 4.21. The normalized spacial score (nSPS) is 24.2. The Kier molecular flexibility index (Phi) is 9.57. The third-order valence-electron chi connectivity index (χ3n) is 6.06. The third-order valence-corrected chi connectivity index (χ3v) is 6.06. The zero-order valence-corrected chi connectivity index (χ0v) is 19.9. The monoisotopic (exact) mass is 476 g/mol. The van der Waals surface area contributed by atoms with Crippen molar-refractivity contribution in [3.63, 3.8) is 0 Å². The van der Waals surface area contributed by atoms with E-state index in [1.165, 1.54) is 0 Å². The topological polar surface area (TPSA) is 63.2 Å². The van der Waals surface area contributed by atoms with Crippen molar-refractivity contribution < 1.29 is 28.5 Å². The second-order valence-corrected chi connectivity index (χ2v) is 8.52. The molecule has 0 N–H and O–H groups in total. The van der Waals surface area contributed by atoms with Crippen molar-refractivity contribution in [3.8, 4) is 0 Å². The van der Waals surface area contributed by atoms with Crippen molar-refractivity contribution in [2.24, 2.45) is 5.92 Å². The molecule has 0 radical (unpaired) electrons. The zero-order valence-electron chi connectivity index (χ0n) is 19.9. The predicted molar refractivity (Wildman–Crippen MR) is 131 cm³/mol. The maximum Gasteiger partial charge on any atom is 0.186 e. The first kappa shape index (κ1) is 25.2. The van der Waals surface area contributed by atoms with Crippen LogP contribution in [0, 0.1) is 5.92 Å². The van der Waals surface area contributed by atoms with Crippen LogP contribution in [0.4, 0.5) is 0 Å². The smallest absolute Gasteiger partial charge is 0.186 e. The molecule has 0 aromatic heterocycles. The van der Waals surface area contributed by atoms with Gasteiger partial charge in [-0.15, -0.1) is 0 Å². The predicted octanol–water partition coefficient (Wildman–Crippen LogP) is 4.56. The van der Waals surface area contributed by atoms with Gasteiger partial charge in [0.05, 0.1) is 38.4 Å². The second kappa shape index (κ2) is 13.3. The molecule has 1 aliphatic rings. The molecule has 6 nitrogen and oxygen atoms in total. The lowest BCUT2D eigenvalue weighted by Gasteiger charge is -2.44. The molecule has 3 aromatic rings. The molecule has 5 atom stereocenters. The van der Waals surface area contributed by atoms with E-state index in [-0.39, 0.29) is 6.61 Å². The summed E-state index contributed by atoms with van der Waals surface area (Å²) in [6.45, 7) is 1.35. The molecule has 35 heavy (non-hydrogen) atoms. The van der Waals surface area contributed by atoms with Gasteiger partial charge in [-0.05, 0) is 16.7 Å². The van der Waals surface area contributed by atoms with Gasteiger partial charge < -0.3 is 28.5 Å². The average Bonchev–Trinajstić information content (AvgIpc) is 2.92. The molecule has 0 bridgehead atoms. The van der Waals surface area contributed by atoms with E-state index in [9.17, 15) is 4.79 Å². The van der Waals surface area contributed by atoms with Gasteiger partial charge in [0, 0.05) is 7.11 Å². The molecule has 184 valence electrons.